The number of carbonyl (C=O) groups is 2. The summed E-state index contributed by atoms with van der Waals surface area (Å²) in [7, 11) is 0. The van der Waals surface area contributed by atoms with Crippen LogP contribution in [0.2, 0.25) is 5.02 Å². The van der Waals surface area contributed by atoms with Gasteiger partial charge in [0, 0.05) is 25.6 Å². The van der Waals surface area contributed by atoms with Crippen molar-refractivity contribution >= 4 is 34.8 Å². The number of nitrogens with zero attached hydrogens (tertiary/aromatic N) is 1. The highest BCUT2D eigenvalue weighted by Crippen LogP contribution is 2.26. The minimum absolute atomic E-state index is 0.0689. The first-order chi connectivity index (χ1) is 12.2. The second-order valence-corrected chi connectivity index (χ2v) is 7.65. The maximum absolute atomic E-state index is 12.3. The second-order valence-electron chi connectivity index (χ2n) is 7.25. The van der Waals surface area contributed by atoms with Crippen LogP contribution in [0.3, 0.4) is 0 Å². The average molecular weight is 373 g/mol. The fraction of sp³-hybridized carbons (Fsp3) is 0.333. The molecule has 2 aromatic rings. The van der Waals surface area contributed by atoms with Gasteiger partial charge in [0.05, 0.1) is 10.7 Å². The standard InChI is InChI=1S/C21H25ClN2O2/c1-15(25)24(19-8-6-5-7-18(19)22)14-13-20(26)23-17-11-9-16(10-12-17)21(2,3)4/h5-12H,13-14H2,1-4H3,(H,23,26). The third kappa shape index (κ3) is 5.33. The largest absolute Gasteiger partial charge is 0.326 e. The quantitative estimate of drug-likeness (QED) is 0.801. The lowest BCUT2D eigenvalue weighted by Crippen LogP contribution is -2.32. The zero-order valence-electron chi connectivity index (χ0n) is 15.7. The molecule has 0 aliphatic rings. The van der Waals surface area contributed by atoms with Crippen molar-refractivity contribution in [2.45, 2.75) is 39.5 Å². The summed E-state index contributed by atoms with van der Waals surface area (Å²) in [4.78, 5) is 25.7. The van der Waals surface area contributed by atoms with Crippen LogP contribution in [-0.4, -0.2) is 18.4 Å². The van der Waals surface area contributed by atoms with Crippen LogP contribution in [0.1, 0.15) is 39.7 Å². The molecule has 0 unspecified atom stereocenters. The summed E-state index contributed by atoms with van der Waals surface area (Å²) in [5, 5.41) is 3.36. The number of halogens is 1. The van der Waals surface area contributed by atoms with Crippen LogP contribution in [0.25, 0.3) is 0 Å². The van der Waals surface area contributed by atoms with Crippen LogP contribution in [0, 0.1) is 0 Å². The highest BCUT2D eigenvalue weighted by Gasteiger charge is 2.16. The number of benzene rings is 2. The first-order valence-electron chi connectivity index (χ1n) is 8.61. The number of hydrogen-bond donors (Lipinski definition) is 1. The van der Waals surface area contributed by atoms with Gasteiger partial charge in [-0.1, -0.05) is 56.6 Å². The molecule has 4 nitrogen and oxygen atoms in total. The summed E-state index contributed by atoms with van der Waals surface area (Å²) in [5.74, 6) is -0.299. The molecule has 2 aromatic carbocycles. The van der Waals surface area contributed by atoms with Gasteiger partial charge in [-0.25, -0.2) is 0 Å². The lowest BCUT2D eigenvalue weighted by Gasteiger charge is -2.22. The van der Waals surface area contributed by atoms with Crippen molar-refractivity contribution in [3.05, 3.63) is 59.1 Å². The average Bonchev–Trinajstić information content (AvgIpc) is 2.56. The predicted molar refractivity (Wildman–Crippen MR) is 108 cm³/mol. The summed E-state index contributed by atoms with van der Waals surface area (Å²) in [6.07, 6.45) is 0.186. The zero-order valence-corrected chi connectivity index (χ0v) is 16.4. The predicted octanol–water partition coefficient (Wildman–Crippen LogP) is 5.02. The molecule has 0 saturated carbocycles. The maximum atomic E-state index is 12.3. The molecule has 1 N–H and O–H groups in total. The van der Waals surface area contributed by atoms with Gasteiger partial charge in [0.1, 0.15) is 0 Å². The fourth-order valence-electron chi connectivity index (χ4n) is 2.61. The first kappa shape index (κ1) is 20.0. The molecule has 0 aromatic heterocycles. The molecule has 0 heterocycles. The van der Waals surface area contributed by atoms with Gasteiger partial charge in [0.2, 0.25) is 11.8 Å². The molecule has 0 aliphatic heterocycles. The molecular weight excluding hydrogens is 348 g/mol. The smallest absolute Gasteiger partial charge is 0.226 e. The van der Waals surface area contributed by atoms with Crippen molar-refractivity contribution in [1.29, 1.82) is 0 Å². The molecule has 138 valence electrons. The van der Waals surface area contributed by atoms with E-state index in [4.69, 9.17) is 11.6 Å². The van der Waals surface area contributed by atoms with Gasteiger partial charge in [-0.05, 0) is 35.2 Å². The van der Waals surface area contributed by atoms with Crippen LogP contribution in [-0.2, 0) is 15.0 Å². The van der Waals surface area contributed by atoms with Gasteiger partial charge < -0.3 is 10.2 Å². The van der Waals surface area contributed by atoms with E-state index in [1.165, 1.54) is 17.4 Å². The number of hydrogen-bond acceptors (Lipinski definition) is 2. The Morgan fingerprint density at radius 3 is 2.19 bits per heavy atom. The Morgan fingerprint density at radius 2 is 1.65 bits per heavy atom. The molecule has 5 heteroatoms. The summed E-state index contributed by atoms with van der Waals surface area (Å²) >= 11 is 6.17. The molecule has 0 saturated heterocycles. The van der Waals surface area contributed by atoms with E-state index < -0.39 is 0 Å². The van der Waals surface area contributed by atoms with Gasteiger partial charge in [-0.2, -0.15) is 0 Å². The Balaban J connectivity index is 1.99. The Hall–Kier alpha value is -2.33. The van der Waals surface area contributed by atoms with Crippen LogP contribution in [0.15, 0.2) is 48.5 Å². The van der Waals surface area contributed by atoms with Crippen molar-refractivity contribution in [1.82, 2.24) is 0 Å². The number of carbonyl (C=O) groups excluding carboxylic acids is 2. The van der Waals surface area contributed by atoms with Crippen molar-refractivity contribution in [3.63, 3.8) is 0 Å². The van der Waals surface area contributed by atoms with E-state index >= 15 is 0 Å². The van der Waals surface area contributed by atoms with E-state index in [0.29, 0.717) is 10.7 Å². The van der Waals surface area contributed by atoms with Gasteiger partial charge >= 0.3 is 0 Å². The van der Waals surface area contributed by atoms with Gasteiger partial charge in [-0.3, -0.25) is 9.59 Å². The first-order valence-corrected chi connectivity index (χ1v) is 8.99. The number of nitrogens with one attached hydrogen (secondary N) is 1. The van der Waals surface area contributed by atoms with Crippen molar-refractivity contribution in [3.8, 4) is 0 Å². The topological polar surface area (TPSA) is 49.4 Å². The van der Waals surface area contributed by atoms with Crippen molar-refractivity contribution < 1.29 is 9.59 Å². The van der Waals surface area contributed by atoms with E-state index in [9.17, 15) is 9.59 Å². The fourth-order valence-corrected chi connectivity index (χ4v) is 2.85. The maximum Gasteiger partial charge on any atom is 0.226 e. The molecule has 0 spiro atoms. The molecule has 0 bridgehead atoms. The van der Waals surface area contributed by atoms with E-state index in [2.05, 4.69) is 26.1 Å². The Bertz CT molecular complexity index is 779. The minimum Gasteiger partial charge on any atom is -0.326 e. The van der Waals surface area contributed by atoms with Crippen LogP contribution in [0.4, 0.5) is 11.4 Å². The third-order valence-corrected chi connectivity index (χ3v) is 4.44. The summed E-state index contributed by atoms with van der Waals surface area (Å²) in [6.45, 7) is 8.17. The lowest BCUT2D eigenvalue weighted by atomic mass is 9.87. The summed E-state index contributed by atoms with van der Waals surface area (Å²) < 4.78 is 0. The third-order valence-electron chi connectivity index (χ3n) is 4.12. The number of para-hydroxylation sites is 1. The molecular formula is C21H25ClN2O2. The normalized spacial score (nSPS) is 11.1. The number of anilines is 2. The second kappa shape index (κ2) is 8.37. The molecule has 0 fully saturated rings. The highest BCUT2D eigenvalue weighted by molar-refractivity contribution is 6.33. The number of rotatable bonds is 5. The molecule has 26 heavy (non-hydrogen) atoms. The Labute approximate surface area is 160 Å². The monoisotopic (exact) mass is 372 g/mol. The molecule has 2 amide bonds. The molecule has 0 radical (unpaired) electrons. The van der Waals surface area contributed by atoms with Crippen molar-refractivity contribution in [2.75, 3.05) is 16.8 Å². The van der Waals surface area contributed by atoms with Crippen LogP contribution < -0.4 is 10.2 Å². The minimum atomic E-state index is -0.152. The molecule has 2 rings (SSSR count). The van der Waals surface area contributed by atoms with Gasteiger partial charge in [0.15, 0.2) is 0 Å². The lowest BCUT2D eigenvalue weighted by molar-refractivity contribution is -0.117. The van der Waals surface area contributed by atoms with E-state index in [-0.39, 0.29) is 30.2 Å². The Morgan fingerprint density at radius 1 is 1.04 bits per heavy atom. The summed E-state index contributed by atoms with van der Waals surface area (Å²) in [6, 6.07) is 14.9. The molecule has 0 aliphatic carbocycles. The van der Waals surface area contributed by atoms with Gasteiger partial charge in [0.25, 0.3) is 0 Å². The Kier molecular flexibility index (Phi) is 6.43. The van der Waals surface area contributed by atoms with E-state index in [1.807, 2.05) is 30.3 Å². The highest BCUT2D eigenvalue weighted by atomic mass is 35.5. The zero-order chi connectivity index (χ0) is 19.3. The summed E-state index contributed by atoms with van der Waals surface area (Å²) in [5.41, 5.74) is 2.63. The van der Waals surface area contributed by atoms with E-state index in [1.54, 1.807) is 18.2 Å². The van der Waals surface area contributed by atoms with E-state index in [0.717, 1.165) is 5.69 Å². The van der Waals surface area contributed by atoms with Gasteiger partial charge in [-0.15, -0.1) is 0 Å². The molecule has 0 atom stereocenters. The van der Waals surface area contributed by atoms with Crippen molar-refractivity contribution in [2.24, 2.45) is 0 Å². The van der Waals surface area contributed by atoms with Crippen LogP contribution in [0.5, 0.6) is 0 Å². The SMILES string of the molecule is CC(=O)N(CCC(=O)Nc1ccc(C(C)(C)C)cc1)c1ccccc1Cl. The van der Waals surface area contributed by atoms with Crippen LogP contribution >= 0.6 is 11.6 Å². The number of amides is 2.